The van der Waals surface area contributed by atoms with Crippen molar-refractivity contribution in [2.75, 3.05) is 0 Å². The van der Waals surface area contributed by atoms with E-state index < -0.39 is 0 Å². The standard InChI is InChI=1S/C32H35N.C2H6/c1-25-12-8-9-16-30(25)17-10-13-27(3)32(22-20-26(2)31-18-11-23-33-24-31)28(4)19-21-29-14-6-5-7-15-29;1-2/h5-9,11-12,14-16,18,20,22-24H,2,4,10,13,17,19,21H2,1,3H3;1-2H3/b22-20-,32-27-;. The van der Waals surface area contributed by atoms with Crippen molar-refractivity contribution in [3.63, 3.8) is 0 Å². The Labute approximate surface area is 213 Å². The molecule has 1 nitrogen and oxygen atoms in total. The molecule has 0 atom stereocenters. The fourth-order valence-corrected chi connectivity index (χ4v) is 4.04. The number of aryl methyl sites for hydroxylation is 3. The Kier molecular flexibility index (Phi) is 12.3. The molecule has 2 aromatic carbocycles. The van der Waals surface area contributed by atoms with Crippen molar-refractivity contribution in [3.05, 3.63) is 143 Å². The van der Waals surface area contributed by atoms with Crippen LogP contribution >= 0.6 is 0 Å². The van der Waals surface area contributed by atoms with Crippen molar-refractivity contribution < 1.29 is 0 Å². The molecule has 0 aliphatic heterocycles. The monoisotopic (exact) mass is 463 g/mol. The largest absolute Gasteiger partial charge is 0.264 e. The molecule has 3 aromatic rings. The third-order valence-corrected chi connectivity index (χ3v) is 6.14. The van der Waals surface area contributed by atoms with Crippen molar-refractivity contribution >= 4 is 5.57 Å². The van der Waals surface area contributed by atoms with Crippen LogP contribution in [-0.2, 0) is 12.8 Å². The van der Waals surface area contributed by atoms with Crippen molar-refractivity contribution in [1.29, 1.82) is 0 Å². The summed E-state index contributed by atoms with van der Waals surface area (Å²) in [7, 11) is 0. The maximum Gasteiger partial charge on any atom is 0.0346 e. The molecule has 1 heteroatoms. The molecule has 0 unspecified atom stereocenters. The van der Waals surface area contributed by atoms with Gasteiger partial charge in [-0.3, -0.25) is 4.98 Å². The minimum absolute atomic E-state index is 0.943. The first-order valence-electron chi connectivity index (χ1n) is 12.8. The van der Waals surface area contributed by atoms with Crippen LogP contribution < -0.4 is 0 Å². The lowest BCUT2D eigenvalue weighted by Crippen LogP contribution is -1.96. The molecule has 35 heavy (non-hydrogen) atoms. The van der Waals surface area contributed by atoms with Crippen molar-refractivity contribution in [3.8, 4) is 0 Å². The van der Waals surface area contributed by atoms with Crippen LogP contribution in [0.15, 0.2) is 121 Å². The van der Waals surface area contributed by atoms with Crippen LogP contribution in [0, 0.1) is 6.92 Å². The van der Waals surface area contributed by atoms with Gasteiger partial charge in [0.25, 0.3) is 0 Å². The number of hydrogen-bond donors (Lipinski definition) is 0. The quantitative estimate of drug-likeness (QED) is 0.258. The summed E-state index contributed by atoms with van der Waals surface area (Å²) in [6.07, 6.45) is 13.2. The van der Waals surface area contributed by atoms with E-state index in [0.29, 0.717) is 0 Å². The second-order valence-corrected chi connectivity index (χ2v) is 8.66. The molecule has 0 bridgehead atoms. The third-order valence-electron chi connectivity index (χ3n) is 6.14. The predicted octanol–water partition coefficient (Wildman–Crippen LogP) is 9.51. The Morgan fingerprint density at radius 1 is 0.829 bits per heavy atom. The number of pyridine rings is 1. The van der Waals surface area contributed by atoms with Crippen LogP contribution in [0.5, 0.6) is 0 Å². The number of aromatic nitrogens is 1. The zero-order valence-corrected chi connectivity index (χ0v) is 22.1. The summed E-state index contributed by atoms with van der Waals surface area (Å²) >= 11 is 0. The van der Waals surface area contributed by atoms with Gasteiger partial charge in [0, 0.05) is 12.4 Å². The number of hydrogen-bond acceptors (Lipinski definition) is 1. The Balaban J connectivity index is 0.00000210. The average molecular weight is 464 g/mol. The normalized spacial score (nSPS) is 11.4. The number of rotatable bonds is 11. The van der Waals surface area contributed by atoms with Gasteiger partial charge in [-0.05, 0) is 91.0 Å². The summed E-state index contributed by atoms with van der Waals surface area (Å²) < 4.78 is 0. The molecule has 0 aliphatic carbocycles. The molecule has 0 fully saturated rings. The van der Waals surface area contributed by atoms with Crippen molar-refractivity contribution in [2.24, 2.45) is 0 Å². The lowest BCUT2D eigenvalue weighted by Gasteiger charge is -2.13. The molecule has 0 aliphatic rings. The van der Waals surface area contributed by atoms with E-state index >= 15 is 0 Å². The van der Waals surface area contributed by atoms with Crippen LogP contribution in [-0.4, -0.2) is 4.98 Å². The molecule has 0 spiro atoms. The molecule has 0 saturated carbocycles. The van der Waals surface area contributed by atoms with Crippen LogP contribution in [0.1, 0.15) is 62.3 Å². The highest BCUT2D eigenvalue weighted by atomic mass is 14.6. The maximum atomic E-state index is 4.47. The van der Waals surface area contributed by atoms with Gasteiger partial charge in [0.1, 0.15) is 0 Å². The van der Waals surface area contributed by atoms with Gasteiger partial charge < -0.3 is 0 Å². The average Bonchev–Trinajstić information content (AvgIpc) is 2.91. The highest BCUT2D eigenvalue weighted by Gasteiger charge is 2.07. The van der Waals surface area contributed by atoms with E-state index in [1.54, 1.807) is 6.20 Å². The first kappa shape index (κ1) is 27.8. The topological polar surface area (TPSA) is 12.9 Å². The molecule has 0 amide bonds. The van der Waals surface area contributed by atoms with E-state index in [1.165, 1.54) is 33.4 Å². The molecule has 0 saturated heterocycles. The minimum atomic E-state index is 0.943. The third kappa shape index (κ3) is 9.37. The molecule has 1 heterocycles. The number of allylic oxidation sites excluding steroid dienone is 6. The van der Waals surface area contributed by atoms with E-state index in [-0.39, 0.29) is 0 Å². The number of nitrogens with zero attached hydrogens (tertiary/aromatic N) is 1. The van der Waals surface area contributed by atoms with E-state index in [2.05, 4.69) is 98.7 Å². The van der Waals surface area contributed by atoms with Crippen molar-refractivity contribution in [2.45, 2.75) is 59.8 Å². The zero-order valence-electron chi connectivity index (χ0n) is 22.1. The molecule has 182 valence electrons. The van der Waals surface area contributed by atoms with Crippen LogP contribution in [0.3, 0.4) is 0 Å². The highest BCUT2D eigenvalue weighted by molar-refractivity contribution is 5.72. The first-order valence-corrected chi connectivity index (χ1v) is 12.8. The molecule has 1 aromatic heterocycles. The Bertz CT molecular complexity index is 1120. The maximum absolute atomic E-state index is 4.47. The lowest BCUT2D eigenvalue weighted by molar-refractivity contribution is 0.800. The predicted molar refractivity (Wildman–Crippen MR) is 154 cm³/mol. The second-order valence-electron chi connectivity index (χ2n) is 8.66. The molecular weight excluding hydrogens is 422 g/mol. The van der Waals surface area contributed by atoms with Gasteiger partial charge in [0.05, 0.1) is 0 Å². The van der Waals surface area contributed by atoms with Gasteiger partial charge in [0.2, 0.25) is 0 Å². The van der Waals surface area contributed by atoms with E-state index in [0.717, 1.165) is 43.2 Å². The smallest absolute Gasteiger partial charge is 0.0346 e. The summed E-state index contributed by atoms with van der Waals surface area (Å²) in [4.78, 5) is 4.22. The van der Waals surface area contributed by atoms with E-state index in [4.69, 9.17) is 0 Å². The van der Waals surface area contributed by atoms with Crippen LogP contribution in [0.4, 0.5) is 0 Å². The SMILES string of the molecule is C=C(CCc1ccccc1)C(/C=C\C(=C)c1cccnc1)=C(/C)CCCc1ccccc1C.CC. The first-order chi connectivity index (χ1) is 17.0. The zero-order chi connectivity index (χ0) is 25.5. The van der Waals surface area contributed by atoms with Gasteiger partial charge in [-0.1, -0.05) is 105 Å². The van der Waals surface area contributed by atoms with Gasteiger partial charge in [-0.2, -0.15) is 0 Å². The van der Waals surface area contributed by atoms with Gasteiger partial charge in [-0.25, -0.2) is 0 Å². The summed E-state index contributed by atoms with van der Waals surface area (Å²) in [5, 5.41) is 0. The summed E-state index contributed by atoms with van der Waals surface area (Å²) in [5.41, 5.74) is 9.98. The summed E-state index contributed by atoms with van der Waals surface area (Å²) in [5.74, 6) is 0. The fourth-order valence-electron chi connectivity index (χ4n) is 4.04. The van der Waals surface area contributed by atoms with Gasteiger partial charge in [-0.15, -0.1) is 0 Å². The second kappa shape index (κ2) is 15.5. The van der Waals surface area contributed by atoms with E-state index in [1.807, 2.05) is 32.2 Å². The molecule has 0 radical (unpaired) electrons. The lowest BCUT2D eigenvalue weighted by atomic mass is 9.92. The van der Waals surface area contributed by atoms with Gasteiger partial charge in [0.15, 0.2) is 0 Å². The molecule has 3 rings (SSSR count). The van der Waals surface area contributed by atoms with Gasteiger partial charge >= 0.3 is 0 Å². The summed E-state index contributed by atoms with van der Waals surface area (Å²) in [6, 6.07) is 23.3. The Morgan fingerprint density at radius 2 is 1.54 bits per heavy atom. The number of benzene rings is 2. The Hall–Kier alpha value is -3.45. The molecular formula is C34H41N. The van der Waals surface area contributed by atoms with Crippen LogP contribution in [0.25, 0.3) is 5.57 Å². The fraction of sp³-hybridized carbons (Fsp3) is 0.265. The Morgan fingerprint density at radius 3 is 2.23 bits per heavy atom. The minimum Gasteiger partial charge on any atom is -0.264 e. The van der Waals surface area contributed by atoms with Crippen LogP contribution in [0.2, 0.25) is 0 Å². The molecule has 0 N–H and O–H groups in total. The van der Waals surface area contributed by atoms with Crippen molar-refractivity contribution in [1.82, 2.24) is 4.98 Å². The highest BCUT2D eigenvalue weighted by Crippen LogP contribution is 2.25. The summed E-state index contributed by atoms with van der Waals surface area (Å²) in [6.45, 7) is 17.2. The van der Waals surface area contributed by atoms with E-state index in [9.17, 15) is 0 Å².